The summed E-state index contributed by atoms with van der Waals surface area (Å²) < 4.78 is 25.9. The van der Waals surface area contributed by atoms with Crippen LogP contribution in [0.5, 0.6) is 0 Å². The van der Waals surface area contributed by atoms with Crippen LogP contribution >= 0.6 is 0 Å². The number of alkyl halides is 2. The SMILES string of the molecule is CCC(C)C1CNC(C)(c2ccccc2)CN1CC(F)F. The Morgan fingerprint density at radius 1 is 1.33 bits per heavy atom. The Kier molecular flexibility index (Phi) is 5.33. The summed E-state index contributed by atoms with van der Waals surface area (Å²) in [7, 11) is 0. The highest BCUT2D eigenvalue weighted by Crippen LogP contribution is 2.29. The highest BCUT2D eigenvalue weighted by molar-refractivity contribution is 5.25. The predicted molar refractivity (Wildman–Crippen MR) is 82.6 cm³/mol. The van der Waals surface area contributed by atoms with E-state index in [9.17, 15) is 8.78 Å². The highest BCUT2D eigenvalue weighted by atomic mass is 19.3. The van der Waals surface area contributed by atoms with E-state index in [4.69, 9.17) is 0 Å². The third-order valence-electron chi connectivity index (χ3n) is 4.77. The summed E-state index contributed by atoms with van der Waals surface area (Å²) in [4.78, 5) is 1.97. The van der Waals surface area contributed by atoms with Crippen LogP contribution in [-0.2, 0) is 5.54 Å². The summed E-state index contributed by atoms with van der Waals surface area (Å²) in [5.41, 5.74) is 0.895. The van der Waals surface area contributed by atoms with Gasteiger partial charge in [-0.15, -0.1) is 0 Å². The van der Waals surface area contributed by atoms with Gasteiger partial charge in [0.1, 0.15) is 0 Å². The molecule has 0 saturated carbocycles. The van der Waals surface area contributed by atoms with Crippen LogP contribution in [0.2, 0.25) is 0 Å². The molecule has 4 heteroatoms. The minimum atomic E-state index is -2.28. The van der Waals surface area contributed by atoms with E-state index in [1.807, 2.05) is 23.1 Å². The molecule has 2 nitrogen and oxygen atoms in total. The number of hydrogen-bond acceptors (Lipinski definition) is 2. The van der Waals surface area contributed by atoms with Crippen LogP contribution in [0.1, 0.15) is 32.8 Å². The molecule has 0 amide bonds. The van der Waals surface area contributed by atoms with Gasteiger partial charge < -0.3 is 5.32 Å². The van der Waals surface area contributed by atoms with Gasteiger partial charge in [-0.1, -0.05) is 50.6 Å². The lowest BCUT2D eigenvalue weighted by Gasteiger charge is -2.48. The van der Waals surface area contributed by atoms with Gasteiger partial charge in [-0.05, 0) is 18.4 Å². The van der Waals surface area contributed by atoms with Gasteiger partial charge in [0.05, 0.1) is 12.1 Å². The largest absolute Gasteiger partial charge is 0.305 e. The van der Waals surface area contributed by atoms with Crippen molar-refractivity contribution in [3.8, 4) is 0 Å². The fraction of sp³-hybridized carbons (Fsp3) is 0.647. The second-order valence-electron chi connectivity index (χ2n) is 6.35. The topological polar surface area (TPSA) is 15.3 Å². The van der Waals surface area contributed by atoms with Crippen LogP contribution in [0.25, 0.3) is 0 Å². The lowest BCUT2D eigenvalue weighted by Crippen LogP contribution is -2.63. The zero-order chi connectivity index (χ0) is 15.5. The molecule has 2 rings (SSSR count). The number of benzene rings is 1. The molecule has 1 N–H and O–H groups in total. The molecule has 1 fully saturated rings. The fourth-order valence-corrected chi connectivity index (χ4v) is 3.25. The smallest absolute Gasteiger partial charge is 0.251 e. The summed E-state index contributed by atoms with van der Waals surface area (Å²) in [6.45, 7) is 7.61. The molecule has 0 bridgehead atoms. The summed E-state index contributed by atoms with van der Waals surface area (Å²) in [6, 6.07) is 10.3. The van der Waals surface area contributed by atoms with Gasteiger partial charge >= 0.3 is 0 Å². The Balaban J connectivity index is 2.19. The lowest BCUT2D eigenvalue weighted by atomic mass is 9.85. The van der Waals surface area contributed by atoms with E-state index in [1.54, 1.807) is 0 Å². The molecule has 1 aromatic rings. The Morgan fingerprint density at radius 2 is 2.00 bits per heavy atom. The Bertz CT molecular complexity index is 438. The van der Waals surface area contributed by atoms with Gasteiger partial charge in [-0.2, -0.15) is 0 Å². The third-order valence-corrected chi connectivity index (χ3v) is 4.77. The van der Waals surface area contributed by atoms with E-state index in [2.05, 4.69) is 38.2 Å². The van der Waals surface area contributed by atoms with Crippen LogP contribution in [0.4, 0.5) is 8.78 Å². The summed E-state index contributed by atoms with van der Waals surface area (Å²) >= 11 is 0. The van der Waals surface area contributed by atoms with E-state index < -0.39 is 6.43 Å². The maximum atomic E-state index is 13.0. The molecular formula is C17H26F2N2. The normalized spacial score (nSPS) is 28.8. The Hall–Kier alpha value is -1.00. The van der Waals surface area contributed by atoms with E-state index in [0.29, 0.717) is 12.5 Å². The first-order chi connectivity index (χ1) is 9.96. The molecule has 0 aromatic heterocycles. The molecule has 118 valence electrons. The molecule has 0 spiro atoms. The van der Waals surface area contributed by atoms with Gasteiger partial charge in [0.15, 0.2) is 0 Å². The summed E-state index contributed by atoms with van der Waals surface area (Å²) in [6.07, 6.45) is -1.27. The van der Waals surface area contributed by atoms with E-state index in [0.717, 1.165) is 18.5 Å². The first kappa shape index (κ1) is 16.4. The monoisotopic (exact) mass is 296 g/mol. The standard InChI is InChI=1S/C17H26F2N2/c1-4-13(2)15-10-20-17(3,12-21(15)11-16(18)19)14-8-6-5-7-9-14/h5-9,13,15-16,20H,4,10-12H2,1-3H3. The van der Waals surface area contributed by atoms with Crippen molar-refractivity contribution in [3.05, 3.63) is 35.9 Å². The molecular weight excluding hydrogens is 270 g/mol. The van der Waals surface area contributed by atoms with E-state index in [1.165, 1.54) is 0 Å². The minimum Gasteiger partial charge on any atom is -0.305 e. The predicted octanol–water partition coefficient (Wildman–Crippen LogP) is 3.49. The highest BCUT2D eigenvalue weighted by Gasteiger charge is 2.39. The first-order valence-electron chi connectivity index (χ1n) is 7.79. The summed E-state index contributed by atoms with van der Waals surface area (Å²) in [5.74, 6) is 0.413. The molecule has 1 aliphatic rings. The molecule has 1 aliphatic heterocycles. The molecule has 3 unspecified atom stereocenters. The van der Waals surface area contributed by atoms with Crippen molar-refractivity contribution in [2.75, 3.05) is 19.6 Å². The number of halogens is 2. The number of nitrogens with one attached hydrogen (secondary N) is 1. The maximum Gasteiger partial charge on any atom is 0.251 e. The van der Waals surface area contributed by atoms with Crippen LogP contribution in [0.15, 0.2) is 30.3 Å². The molecule has 3 atom stereocenters. The molecule has 0 aliphatic carbocycles. The van der Waals surface area contributed by atoms with Gasteiger partial charge in [0, 0.05) is 19.1 Å². The van der Waals surface area contributed by atoms with Crippen molar-refractivity contribution >= 4 is 0 Å². The number of piperazine rings is 1. The van der Waals surface area contributed by atoms with Crippen molar-refractivity contribution in [1.29, 1.82) is 0 Å². The molecule has 1 saturated heterocycles. The van der Waals surface area contributed by atoms with Crippen molar-refractivity contribution in [3.63, 3.8) is 0 Å². The van der Waals surface area contributed by atoms with Crippen LogP contribution < -0.4 is 5.32 Å². The zero-order valence-corrected chi connectivity index (χ0v) is 13.2. The Morgan fingerprint density at radius 3 is 2.57 bits per heavy atom. The van der Waals surface area contributed by atoms with Crippen molar-refractivity contribution in [2.45, 2.75) is 45.2 Å². The molecule has 1 heterocycles. The molecule has 21 heavy (non-hydrogen) atoms. The molecule has 0 radical (unpaired) electrons. The summed E-state index contributed by atoms with van der Waals surface area (Å²) in [5, 5.41) is 3.59. The zero-order valence-electron chi connectivity index (χ0n) is 13.2. The van der Waals surface area contributed by atoms with Crippen molar-refractivity contribution in [1.82, 2.24) is 10.2 Å². The fourth-order valence-electron chi connectivity index (χ4n) is 3.25. The van der Waals surface area contributed by atoms with Gasteiger partial charge in [-0.25, -0.2) is 8.78 Å². The maximum absolute atomic E-state index is 13.0. The lowest BCUT2D eigenvalue weighted by molar-refractivity contribution is 0.00513. The quantitative estimate of drug-likeness (QED) is 0.895. The van der Waals surface area contributed by atoms with E-state index in [-0.39, 0.29) is 18.1 Å². The van der Waals surface area contributed by atoms with Crippen LogP contribution in [0, 0.1) is 5.92 Å². The second-order valence-corrected chi connectivity index (χ2v) is 6.35. The average Bonchev–Trinajstić information content (AvgIpc) is 2.47. The number of rotatable bonds is 5. The minimum absolute atomic E-state index is 0.140. The van der Waals surface area contributed by atoms with Crippen molar-refractivity contribution in [2.24, 2.45) is 5.92 Å². The Labute approximate surface area is 126 Å². The van der Waals surface area contributed by atoms with E-state index >= 15 is 0 Å². The van der Waals surface area contributed by atoms with Gasteiger partial charge in [-0.3, -0.25) is 4.90 Å². The van der Waals surface area contributed by atoms with Crippen molar-refractivity contribution < 1.29 is 8.78 Å². The van der Waals surface area contributed by atoms with Gasteiger partial charge in [0.2, 0.25) is 0 Å². The second kappa shape index (κ2) is 6.84. The third kappa shape index (κ3) is 3.80. The molecule has 1 aromatic carbocycles. The van der Waals surface area contributed by atoms with Gasteiger partial charge in [0.25, 0.3) is 6.43 Å². The number of hydrogen-bond donors (Lipinski definition) is 1. The first-order valence-corrected chi connectivity index (χ1v) is 7.79. The van der Waals surface area contributed by atoms with Crippen LogP contribution in [-0.4, -0.2) is 37.0 Å². The average molecular weight is 296 g/mol. The van der Waals surface area contributed by atoms with Crippen LogP contribution in [0.3, 0.4) is 0 Å². The number of nitrogens with zero attached hydrogens (tertiary/aromatic N) is 1.